The maximum absolute atomic E-state index is 6.12. The van der Waals surface area contributed by atoms with Crippen molar-refractivity contribution in [3.05, 3.63) is 28.8 Å². The maximum Gasteiger partial charge on any atom is 0.106 e. The Hall–Kier alpha value is -0.840. The Morgan fingerprint density at radius 1 is 1.40 bits per heavy atom. The Kier molecular flexibility index (Phi) is 5.24. The summed E-state index contributed by atoms with van der Waals surface area (Å²) < 4.78 is 0. The lowest BCUT2D eigenvalue weighted by molar-refractivity contribution is 0.285. The number of halogens is 1. The van der Waals surface area contributed by atoms with E-state index in [4.69, 9.17) is 29.6 Å². The average molecular weight is 312 g/mol. The van der Waals surface area contributed by atoms with E-state index in [0.717, 1.165) is 41.8 Å². The molecule has 0 radical (unpaired) electrons. The molecular formula is C15H22ClN3S. The fourth-order valence-electron chi connectivity index (χ4n) is 2.85. The van der Waals surface area contributed by atoms with Gasteiger partial charge in [-0.3, -0.25) is 0 Å². The molecule has 3 nitrogen and oxygen atoms in total. The third kappa shape index (κ3) is 3.84. The largest absolute Gasteiger partial charge is 0.389 e. The number of piperidine rings is 1. The molecule has 1 aromatic rings. The van der Waals surface area contributed by atoms with Crippen molar-refractivity contribution in [1.29, 1.82) is 0 Å². The van der Waals surface area contributed by atoms with Crippen LogP contribution in [0.5, 0.6) is 0 Å². The van der Waals surface area contributed by atoms with Crippen molar-refractivity contribution in [1.82, 2.24) is 4.90 Å². The molecule has 1 aliphatic rings. The number of hydrogen-bond acceptors (Lipinski definition) is 3. The highest BCUT2D eigenvalue weighted by molar-refractivity contribution is 7.80. The molecule has 0 spiro atoms. The first-order valence-corrected chi connectivity index (χ1v) is 7.75. The van der Waals surface area contributed by atoms with Gasteiger partial charge in [0.2, 0.25) is 0 Å². The molecule has 5 heteroatoms. The van der Waals surface area contributed by atoms with E-state index in [9.17, 15) is 0 Å². The van der Waals surface area contributed by atoms with Crippen LogP contribution in [0.15, 0.2) is 18.2 Å². The van der Waals surface area contributed by atoms with Gasteiger partial charge in [0.05, 0.1) is 0 Å². The molecule has 1 aromatic carbocycles. The molecule has 0 bridgehead atoms. The van der Waals surface area contributed by atoms with E-state index in [2.05, 4.69) is 23.9 Å². The Morgan fingerprint density at radius 3 is 2.60 bits per heavy atom. The molecule has 0 aromatic heterocycles. The highest BCUT2D eigenvalue weighted by atomic mass is 35.5. The zero-order valence-corrected chi connectivity index (χ0v) is 13.7. The molecule has 0 unspecified atom stereocenters. The number of nitrogens with zero attached hydrogens (tertiary/aromatic N) is 2. The summed E-state index contributed by atoms with van der Waals surface area (Å²) in [5, 5.41) is 0.732. The molecule has 2 rings (SSSR count). The van der Waals surface area contributed by atoms with Crippen LogP contribution in [0.3, 0.4) is 0 Å². The summed E-state index contributed by atoms with van der Waals surface area (Å²) in [6, 6.07) is 5.74. The molecule has 1 fully saturated rings. The Bertz CT molecular complexity index is 482. The molecule has 0 saturated carbocycles. The molecule has 1 saturated heterocycles. The smallest absolute Gasteiger partial charge is 0.106 e. The predicted molar refractivity (Wildman–Crippen MR) is 90.8 cm³/mol. The van der Waals surface area contributed by atoms with Gasteiger partial charge in [0.1, 0.15) is 4.99 Å². The summed E-state index contributed by atoms with van der Waals surface area (Å²) in [6.45, 7) is 3.23. The lowest BCUT2D eigenvalue weighted by Crippen LogP contribution is -2.38. The highest BCUT2D eigenvalue weighted by Crippen LogP contribution is 2.29. The third-order valence-electron chi connectivity index (χ3n) is 3.80. The number of hydrogen-bond donors (Lipinski definition) is 1. The fourth-order valence-corrected chi connectivity index (χ4v) is 3.19. The summed E-state index contributed by atoms with van der Waals surface area (Å²) in [4.78, 5) is 5.05. The molecule has 110 valence electrons. The van der Waals surface area contributed by atoms with Crippen molar-refractivity contribution < 1.29 is 0 Å². The number of nitrogens with two attached hydrogens (primary N) is 1. The summed E-state index contributed by atoms with van der Waals surface area (Å²) in [7, 11) is 4.27. The van der Waals surface area contributed by atoms with E-state index in [1.165, 1.54) is 12.8 Å². The summed E-state index contributed by atoms with van der Waals surface area (Å²) in [5.74, 6) is 0.772. The number of anilines is 1. The van der Waals surface area contributed by atoms with E-state index >= 15 is 0 Å². The van der Waals surface area contributed by atoms with E-state index in [0.29, 0.717) is 4.99 Å². The maximum atomic E-state index is 6.12. The van der Waals surface area contributed by atoms with Gasteiger partial charge in [-0.2, -0.15) is 0 Å². The van der Waals surface area contributed by atoms with Gasteiger partial charge in [0, 0.05) is 35.9 Å². The second-order valence-corrected chi connectivity index (χ2v) is 6.59. The first-order chi connectivity index (χ1) is 9.47. The van der Waals surface area contributed by atoms with Crippen LogP contribution in [0.2, 0.25) is 5.02 Å². The highest BCUT2D eigenvalue weighted by Gasteiger charge is 2.22. The molecule has 2 N–H and O–H groups in total. The Labute approximate surface area is 131 Å². The minimum atomic E-state index is 0.437. The molecule has 1 aliphatic heterocycles. The van der Waals surface area contributed by atoms with Gasteiger partial charge in [-0.25, -0.2) is 0 Å². The Morgan fingerprint density at radius 2 is 2.05 bits per heavy atom. The first kappa shape index (κ1) is 15.5. The van der Waals surface area contributed by atoms with E-state index in [1.807, 2.05) is 18.2 Å². The van der Waals surface area contributed by atoms with Gasteiger partial charge in [-0.15, -0.1) is 0 Å². The standard InChI is InChI=1S/C15H22ClN3S/c1-18(2)10-11-5-7-19(8-6-11)14-9-12(16)3-4-13(14)15(17)20/h3-4,9,11H,5-8,10H2,1-2H3,(H2,17,20). The molecule has 0 amide bonds. The lowest BCUT2D eigenvalue weighted by atomic mass is 9.95. The number of thiocarbonyl (C=S) groups is 1. The minimum absolute atomic E-state index is 0.437. The van der Waals surface area contributed by atoms with Crippen molar-refractivity contribution in [3.63, 3.8) is 0 Å². The summed E-state index contributed by atoms with van der Waals surface area (Å²) in [6.07, 6.45) is 2.39. The minimum Gasteiger partial charge on any atom is -0.389 e. The van der Waals surface area contributed by atoms with Gasteiger partial charge in [-0.05, 0) is 51.1 Å². The quantitative estimate of drug-likeness (QED) is 0.867. The second-order valence-electron chi connectivity index (χ2n) is 5.72. The zero-order valence-electron chi connectivity index (χ0n) is 12.1. The van der Waals surface area contributed by atoms with Crippen molar-refractivity contribution in [2.24, 2.45) is 11.7 Å². The van der Waals surface area contributed by atoms with Crippen LogP contribution >= 0.6 is 23.8 Å². The summed E-state index contributed by atoms with van der Waals surface area (Å²) in [5.41, 5.74) is 7.82. The van der Waals surface area contributed by atoms with Crippen LogP contribution in [0.4, 0.5) is 5.69 Å². The molecule has 20 heavy (non-hydrogen) atoms. The predicted octanol–water partition coefficient (Wildman–Crippen LogP) is 2.75. The zero-order chi connectivity index (χ0) is 14.7. The SMILES string of the molecule is CN(C)CC1CCN(c2cc(Cl)ccc2C(N)=S)CC1. The van der Waals surface area contributed by atoms with E-state index in [1.54, 1.807) is 0 Å². The monoisotopic (exact) mass is 311 g/mol. The average Bonchev–Trinajstić information content (AvgIpc) is 2.38. The van der Waals surface area contributed by atoms with E-state index < -0.39 is 0 Å². The van der Waals surface area contributed by atoms with Gasteiger partial charge < -0.3 is 15.5 Å². The molecule has 0 atom stereocenters. The molecule has 0 aliphatic carbocycles. The van der Waals surface area contributed by atoms with Crippen LogP contribution in [-0.2, 0) is 0 Å². The second kappa shape index (κ2) is 6.74. The lowest BCUT2D eigenvalue weighted by Gasteiger charge is -2.35. The van der Waals surface area contributed by atoms with Crippen molar-refractivity contribution in [3.8, 4) is 0 Å². The van der Waals surface area contributed by atoms with Gasteiger partial charge in [0.25, 0.3) is 0 Å². The van der Waals surface area contributed by atoms with Crippen LogP contribution in [0, 0.1) is 5.92 Å². The van der Waals surface area contributed by atoms with Crippen LogP contribution < -0.4 is 10.6 Å². The molecule has 1 heterocycles. The van der Waals surface area contributed by atoms with E-state index in [-0.39, 0.29) is 0 Å². The number of benzene rings is 1. The van der Waals surface area contributed by atoms with Crippen molar-refractivity contribution in [2.75, 3.05) is 38.6 Å². The van der Waals surface area contributed by atoms with Crippen LogP contribution in [0.25, 0.3) is 0 Å². The van der Waals surface area contributed by atoms with Crippen molar-refractivity contribution >= 4 is 34.5 Å². The van der Waals surface area contributed by atoms with Crippen LogP contribution in [-0.4, -0.2) is 43.6 Å². The van der Waals surface area contributed by atoms with Gasteiger partial charge >= 0.3 is 0 Å². The Balaban J connectivity index is 2.10. The summed E-state index contributed by atoms with van der Waals surface area (Å²) >= 11 is 11.3. The molecular weight excluding hydrogens is 290 g/mol. The topological polar surface area (TPSA) is 32.5 Å². The van der Waals surface area contributed by atoms with Crippen molar-refractivity contribution in [2.45, 2.75) is 12.8 Å². The first-order valence-electron chi connectivity index (χ1n) is 6.96. The van der Waals surface area contributed by atoms with Gasteiger partial charge in [0.15, 0.2) is 0 Å². The normalized spacial score (nSPS) is 16.7. The number of rotatable bonds is 4. The van der Waals surface area contributed by atoms with Crippen LogP contribution in [0.1, 0.15) is 18.4 Å². The van der Waals surface area contributed by atoms with Gasteiger partial charge in [-0.1, -0.05) is 23.8 Å². The fraction of sp³-hybridized carbons (Fsp3) is 0.533. The third-order valence-corrected chi connectivity index (χ3v) is 4.26.